The molecule has 1 aromatic heterocycles. The van der Waals surface area contributed by atoms with Crippen molar-refractivity contribution in [1.29, 1.82) is 0 Å². The number of fused-ring (bicyclic) bond motifs is 1. The van der Waals surface area contributed by atoms with E-state index in [0.717, 1.165) is 23.3 Å². The molecule has 0 atom stereocenters. The third-order valence-corrected chi connectivity index (χ3v) is 6.17. The lowest BCUT2D eigenvalue weighted by atomic mass is 10.2. The fourth-order valence-corrected chi connectivity index (χ4v) is 4.20. The summed E-state index contributed by atoms with van der Waals surface area (Å²) in [5.74, 6) is 0.482. The van der Waals surface area contributed by atoms with Gasteiger partial charge in [-0.3, -0.25) is 19.8 Å². The molecule has 0 aliphatic rings. The van der Waals surface area contributed by atoms with Crippen LogP contribution < -0.4 is 9.64 Å². The second-order valence-electron chi connectivity index (χ2n) is 7.03. The molecule has 0 saturated carbocycles. The summed E-state index contributed by atoms with van der Waals surface area (Å²) in [6, 6.07) is 11.8. The average Bonchev–Trinajstić information content (AvgIpc) is 3.23. The topological polar surface area (TPSA) is 88.8 Å². The van der Waals surface area contributed by atoms with Gasteiger partial charge >= 0.3 is 0 Å². The number of nitro benzene ring substituents is 1. The number of benzene rings is 2. The molecule has 0 N–H and O–H groups in total. The van der Waals surface area contributed by atoms with E-state index in [1.165, 1.54) is 29.5 Å². The van der Waals surface area contributed by atoms with Gasteiger partial charge in [0.25, 0.3) is 11.6 Å². The summed E-state index contributed by atoms with van der Waals surface area (Å²) in [5, 5.41) is 11.6. The molecule has 1 heterocycles. The third kappa shape index (κ3) is 5.68. The first kappa shape index (κ1) is 23.4. The lowest BCUT2D eigenvalue weighted by molar-refractivity contribution is -0.384. The molecule has 0 aliphatic heterocycles. The summed E-state index contributed by atoms with van der Waals surface area (Å²) in [4.78, 5) is 32.3. The Morgan fingerprint density at radius 3 is 2.66 bits per heavy atom. The van der Waals surface area contributed by atoms with Gasteiger partial charge in [-0.2, -0.15) is 0 Å². The van der Waals surface area contributed by atoms with Crippen LogP contribution in [0, 0.1) is 10.1 Å². The highest BCUT2D eigenvalue weighted by Gasteiger charge is 2.19. The summed E-state index contributed by atoms with van der Waals surface area (Å²) in [6.07, 6.45) is 3.03. The van der Waals surface area contributed by atoms with Crippen LogP contribution in [-0.2, 0) is 4.79 Å². The predicted molar refractivity (Wildman–Crippen MR) is 128 cm³/mol. The molecule has 168 valence electrons. The predicted octanol–water partition coefficient (Wildman–Crippen LogP) is 4.60. The summed E-state index contributed by atoms with van der Waals surface area (Å²) in [6.45, 7) is 7.14. The number of rotatable bonds is 10. The third-order valence-electron chi connectivity index (χ3n) is 5.11. The number of likely N-dealkylation sites (N-methyl/N-ethyl adjacent to an activating group) is 1. The minimum Gasteiger partial charge on any atom is -0.497 e. The molecule has 8 nitrogen and oxygen atoms in total. The van der Waals surface area contributed by atoms with Crippen LogP contribution in [0.3, 0.4) is 0 Å². The van der Waals surface area contributed by atoms with Gasteiger partial charge in [0.05, 0.1) is 22.2 Å². The molecule has 3 aromatic rings. The number of carbonyl (C=O) groups is 1. The van der Waals surface area contributed by atoms with Crippen LogP contribution >= 0.6 is 11.3 Å². The van der Waals surface area contributed by atoms with Gasteiger partial charge in [-0.25, -0.2) is 4.98 Å². The maximum absolute atomic E-state index is 13.2. The standard InChI is InChI=1S/C23H26N4O4S/c1-4-25(5-2)13-14-26(23-24-20-16-19(31-3)10-11-21(20)32-23)22(28)12-9-17-7-6-8-18(15-17)27(29)30/h6-12,15-16H,4-5,13-14H2,1-3H3. The number of hydrogen-bond donors (Lipinski definition) is 0. The summed E-state index contributed by atoms with van der Waals surface area (Å²) in [7, 11) is 1.60. The van der Waals surface area contributed by atoms with E-state index >= 15 is 0 Å². The van der Waals surface area contributed by atoms with Gasteiger partial charge in [0.2, 0.25) is 0 Å². The average molecular weight is 455 g/mol. The Morgan fingerprint density at radius 2 is 1.97 bits per heavy atom. The van der Waals surface area contributed by atoms with Crippen LogP contribution in [0.4, 0.5) is 10.8 Å². The molecule has 0 spiro atoms. The van der Waals surface area contributed by atoms with E-state index in [1.807, 2.05) is 18.2 Å². The van der Waals surface area contributed by atoms with E-state index in [9.17, 15) is 14.9 Å². The molecule has 32 heavy (non-hydrogen) atoms. The Bertz CT molecular complexity index is 1120. The maximum atomic E-state index is 13.2. The van der Waals surface area contributed by atoms with Gasteiger partial charge in [0, 0.05) is 37.4 Å². The lowest BCUT2D eigenvalue weighted by Gasteiger charge is -2.23. The van der Waals surface area contributed by atoms with Crippen LogP contribution in [0.25, 0.3) is 16.3 Å². The van der Waals surface area contributed by atoms with Gasteiger partial charge in [0.15, 0.2) is 5.13 Å². The minimum absolute atomic E-state index is 0.0156. The number of anilines is 1. The molecule has 1 amide bonds. The van der Waals surface area contributed by atoms with E-state index in [1.54, 1.807) is 30.2 Å². The number of thiazole rings is 1. The van der Waals surface area contributed by atoms with Crippen LogP contribution in [0.5, 0.6) is 5.75 Å². The molecule has 0 aliphatic carbocycles. The number of aromatic nitrogens is 1. The molecule has 0 radical (unpaired) electrons. The Balaban J connectivity index is 1.88. The second-order valence-corrected chi connectivity index (χ2v) is 8.04. The van der Waals surface area contributed by atoms with Crippen molar-refractivity contribution in [3.63, 3.8) is 0 Å². The van der Waals surface area contributed by atoms with E-state index in [-0.39, 0.29) is 11.6 Å². The molecule has 2 aromatic carbocycles. The SMILES string of the molecule is CCN(CC)CCN(C(=O)C=Cc1cccc([N+](=O)[O-])c1)c1nc2cc(OC)ccc2s1. The van der Waals surface area contributed by atoms with Crippen molar-refractivity contribution in [2.45, 2.75) is 13.8 Å². The number of amides is 1. The molecular formula is C23H26N4O4S. The molecule has 0 bridgehead atoms. The van der Waals surface area contributed by atoms with E-state index in [0.29, 0.717) is 29.5 Å². The first-order valence-corrected chi connectivity index (χ1v) is 11.2. The first-order valence-electron chi connectivity index (χ1n) is 10.4. The van der Waals surface area contributed by atoms with Gasteiger partial charge in [-0.1, -0.05) is 37.3 Å². The fraction of sp³-hybridized carbons (Fsp3) is 0.304. The number of carbonyl (C=O) groups excluding carboxylic acids is 1. The maximum Gasteiger partial charge on any atom is 0.270 e. The number of non-ortho nitro benzene ring substituents is 1. The minimum atomic E-state index is -0.453. The largest absolute Gasteiger partial charge is 0.497 e. The fourth-order valence-electron chi connectivity index (χ4n) is 3.22. The number of methoxy groups -OCH3 is 1. The van der Waals surface area contributed by atoms with E-state index < -0.39 is 4.92 Å². The Morgan fingerprint density at radius 1 is 1.19 bits per heavy atom. The first-order chi connectivity index (χ1) is 15.4. The van der Waals surface area contributed by atoms with Gasteiger partial charge in [-0.15, -0.1) is 0 Å². The molecule has 0 fully saturated rings. The molecule has 0 saturated heterocycles. The second kappa shape index (κ2) is 10.8. The van der Waals surface area contributed by atoms with Gasteiger partial charge in [-0.05, 0) is 36.9 Å². The highest BCUT2D eigenvalue weighted by Crippen LogP contribution is 2.31. The van der Waals surface area contributed by atoms with Crippen molar-refractivity contribution in [2.75, 3.05) is 38.2 Å². The van der Waals surface area contributed by atoms with Crippen molar-refractivity contribution >= 4 is 44.4 Å². The monoisotopic (exact) mass is 454 g/mol. The van der Waals surface area contributed by atoms with Crippen LogP contribution in [-0.4, -0.2) is 54.0 Å². The molecular weight excluding hydrogens is 428 g/mol. The van der Waals surface area contributed by atoms with Crippen molar-refractivity contribution in [3.8, 4) is 5.75 Å². The zero-order valence-corrected chi connectivity index (χ0v) is 19.2. The van der Waals surface area contributed by atoms with Crippen LogP contribution in [0.15, 0.2) is 48.5 Å². The Hall–Kier alpha value is -3.30. The molecule has 9 heteroatoms. The van der Waals surface area contributed by atoms with Gasteiger partial charge in [0.1, 0.15) is 5.75 Å². The Kier molecular flexibility index (Phi) is 7.91. The van der Waals surface area contributed by atoms with Crippen LogP contribution in [0.2, 0.25) is 0 Å². The summed E-state index contributed by atoms with van der Waals surface area (Å²) >= 11 is 1.44. The van der Waals surface area contributed by atoms with Crippen molar-refractivity contribution < 1.29 is 14.5 Å². The van der Waals surface area contributed by atoms with Crippen molar-refractivity contribution in [1.82, 2.24) is 9.88 Å². The zero-order valence-electron chi connectivity index (χ0n) is 18.4. The summed E-state index contributed by atoms with van der Waals surface area (Å²) < 4.78 is 6.24. The molecule has 3 rings (SSSR count). The van der Waals surface area contributed by atoms with Crippen LogP contribution in [0.1, 0.15) is 19.4 Å². The van der Waals surface area contributed by atoms with E-state index in [2.05, 4.69) is 23.7 Å². The van der Waals surface area contributed by atoms with Crippen molar-refractivity contribution in [2.24, 2.45) is 0 Å². The van der Waals surface area contributed by atoms with E-state index in [4.69, 9.17) is 4.74 Å². The zero-order chi connectivity index (χ0) is 23.1. The normalized spacial score (nSPS) is 11.4. The number of nitro groups is 1. The summed E-state index contributed by atoms with van der Waals surface area (Å²) in [5.41, 5.74) is 1.34. The lowest BCUT2D eigenvalue weighted by Crippen LogP contribution is -2.38. The Labute approximate surface area is 190 Å². The smallest absolute Gasteiger partial charge is 0.270 e. The van der Waals surface area contributed by atoms with Crippen molar-refractivity contribution in [3.05, 3.63) is 64.2 Å². The van der Waals surface area contributed by atoms with Gasteiger partial charge < -0.3 is 9.64 Å². The highest BCUT2D eigenvalue weighted by atomic mass is 32.1. The highest BCUT2D eigenvalue weighted by molar-refractivity contribution is 7.22. The number of hydrogen-bond acceptors (Lipinski definition) is 7. The number of ether oxygens (including phenoxy) is 1. The number of nitrogens with zero attached hydrogens (tertiary/aromatic N) is 4. The molecule has 0 unspecified atom stereocenters. The quantitative estimate of drug-likeness (QED) is 0.253.